The van der Waals surface area contributed by atoms with Crippen LogP contribution in [-0.4, -0.2) is 85.0 Å². The zero-order valence-electron chi connectivity index (χ0n) is 25.9. The van der Waals surface area contributed by atoms with Crippen LogP contribution in [0.2, 0.25) is 0 Å². The topological polar surface area (TPSA) is 103 Å². The molecular formula is C33H47FN4O5. The van der Waals surface area contributed by atoms with Crippen molar-refractivity contribution < 1.29 is 28.6 Å². The number of hydrogen-bond donors (Lipinski definition) is 3. The van der Waals surface area contributed by atoms with Gasteiger partial charge in [-0.05, 0) is 101 Å². The molecule has 4 atom stereocenters. The van der Waals surface area contributed by atoms with Crippen LogP contribution in [0.15, 0.2) is 42.5 Å². The Balaban J connectivity index is 1.58. The first-order chi connectivity index (χ1) is 20.6. The molecule has 1 saturated carbocycles. The number of aliphatic hydroxyl groups is 1. The molecule has 1 aliphatic carbocycles. The Hall–Kier alpha value is -3.21. The minimum Gasteiger partial charge on any atom is -0.490 e. The second-order valence-corrected chi connectivity index (χ2v) is 12.3. The maximum Gasteiger partial charge on any atom is 0.323 e. The zero-order chi connectivity index (χ0) is 30.9. The van der Waals surface area contributed by atoms with Gasteiger partial charge in [0.05, 0.1) is 30.4 Å². The Kier molecular flexibility index (Phi) is 11.8. The molecule has 1 fully saturated rings. The van der Waals surface area contributed by atoms with Gasteiger partial charge >= 0.3 is 6.03 Å². The maximum absolute atomic E-state index is 14.2. The van der Waals surface area contributed by atoms with Crippen LogP contribution in [0.25, 0.3) is 0 Å². The van der Waals surface area contributed by atoms with Gasteiger partial charge in [0.15, 0.2) is 0 Å². The van der Waals surface area contributed by atoms with Crippen LogP contribution in [0.5, 0.6) is 5.75 Å². The number of anilines is 2. The van der Waals surface area contributed by atoms with Gasteiger partial charge in [-0.15, -0.1) is 0 Å². The van der Waals surface area contributed by atoms with Gasteiger partial charge in [-0.3, -0.25) is 4.79 Å². The molecule has 9 nitrogen and oxygen atoms in total. The highest BCUT2D eigenvalue weighted by Gasteiger charge is 2.31. The fourth-order valence-corrected chi connectivity index (χ4v) is 5.41. The number of urea groups is 1. The summed E-state index contributed by atoms with van der Waals surface area (Å²) in [5.74, 6) is 0.515. The van der Waals surface area contributed by atoms with E-state index in [9.17, 15) is 19.1 Å². The van der Waals surface area contributed by atoms with E-state index in [0.717, 1.165) is 38.3 Å². The van der Waals surface area contributed by atoms with E-state index in [4.69, 9.17) is 9.47 Å². The molecule has 2 aromatic carbocycles. The van der Waals surface area contributed by atoms with Gasteiger partial charge < -0.3 is 35.0 Å². The van der Waals surface area contributed by atoms with Crippen molar-refractivity contribution in [3.63, 3.8) is 0 Å². The number of nitrogens with one attached hydrogen (secondary N) is 2. The summed E-state index contributed by atoms with van der Waals surface area (Å²) in [5.41, 5.74) is 1.14. The lowest BCUT2D eigenvalue weighted by molar-refractivity contribution is -0.0172. The van der Waals surface area contributed by atoms with Crippen LogP contribution in [0, 0.1) is 17.7 Å². The predicted octanol–water partition coefficient (Wildman–Crippen LogP) is 5.61. The lowest BCUT2D eigenvalue weighted by Gasteiger charge is -2.36. The first-order valence-corrected chi connectivity index (χ1v) is 15.5. The van der Waals surface area contributed by atoms with E-state index in [1.807, 2.05) is 13.8 Å². The van der Waals surface area contributed by atoms with Gasteiger partial charge in [-0.2, -0.15) is 0 Å². The molecule has 0 saturated heterocycles. The summed E-state index contributed by atoms with van der Waals surface area (Å²) in [5, 5.41) is 15.6. The van der Waals surface area contributed by atoms with Gasteiger partial charge in [0.25, 0.3) is 5.91 Å². The third kappa shape index (κ3) is 9.91. The first-order valence-electron chi connectivity index (χ1n) is 15.5. The van der Waals surface area contributed by atoms with E-state index < -0.39 is 17.9 Å². The third-order valence-corrected chi connectivity index (χ3v) is 8.17. The van der Waals surface area contributed by atoms with E-state index in [-0.39, 0.29) is 30.6 Å². The van der Waals surface area contributed by atoms with Gasteiger partial charge in [-0.25, -0.2) is 9.18 Å². The molecule has 236 valence electrons. The van der Waals surface area contributed by atoms with E-state index in [1.54, 1.807) is 23.1 Å². The number of amides is 3. The normalized spacial score (nSPS) is 22.7. The molecule has 3 amide bonds. The van der Waals surface area contributed by atoms with Crippen molar-refractivity contribution in [3.05, 3.63) is 53.8 Å². The average Bonchev–Trinajstić information content (AvgIpc) is 3.79. The summed E-state index contributed by atoms with van der Waals surface area (Å²) in [6.45, 7) is 8.57. The molecule has 43 heavy (non-hydrogen) atoms. The number of fused-ring (bicyclic) bond motifs is 1. The van der Waals surface area contributed by atoms with E-state index in [2.05, 4.69) is 29.5 Å². The summed E-state index contributed by atoms with van der Waals surface area (Å²) in [4.78, 5) is 31.0. The van der Waals surface area contributed by atoms with Crippen LogP contribution >= 0.6 is 0 Å². The van der Waals surface area contributed by atoms with Crippen LogP contribution in [0.3, 0.4) is 0 Å². The lowest BCUT2D eigenvalue weighted by Crippen LogP contribution is -2.47. The highest BCUT2D eigenvalue weighted by molar-refractivity contribution is 6.02. The average molecular weight is 599 g/mol. The van der Waals surface area contributed by atoms with E-state index in [0.29, 0.717) is 35.8 Å². The molecule has 0 aromatic heterocycles. The number of hydrogen-bond acceptors (Lipinski definition) is 6. The molecule has 1 aliphatic heterocycles. The summed E-state index contributed by atoms with van der Waals surface area (Å²) in [7, 11) is 2.13. The summed E-state index contributed by atoms with van der Waals surface area (Å²) >= 11 is 0. The Morgan fingerprint density at radius 2 is 1.77 bits per heavy atom. The molecule has 0 spiro atoms. The zero-order valence-corrected chi connectivity index (χ0v) is 25.9. The van der Waals surface area contributed by atoms with E-state index in [1.165, 1.54) is 37.1 Å². The molecule has 10 heteroatoms. The van der Waals surface area contributed by atoms with Crippen LogP contribution < -0.4 is 15.4 Å². The summed E-state index contributed by atoms with van der Waals surface area (Å²) < 4.78 is 26.0. The Bertz CT molecular complexity index is 1210. The van der Waals surface area contributed by atoms with Gasteiger partial charge in [-0.1, -0.05) is 6.92 Å². The van der Waals surface area contributed by atoms with Crippen molar-refractivity contribution in [1.29, 1.82) is 0 Å². The summed E-state index contributed by atoms with van der Waals surface area (Å²) in [6.07, 6.45) is 5.01. The third-order valence-electron chi connectivity index (χ3n) is 8.17. The van der Waals surface area contributed by atoms with E-state index >= 15 is 0 Å². The first kappa shape index (κ1) is 32.7. The molecule has 0 radical (unpaired) electrons. The predicted molar refractivity (Wildman–Crippen MR) is 166 cm³/mol. The Morgan fingerprint density at radius 3 is 2.47 bits per heavy atom. The molecule has 0 unspecified atom stereocenters. The fraction of sp³-hybridized carbons (Fsp3) is 0.576. The van der Waals surface area contributed by atoms with Crippen molar-refractivity contribution >= 4 is 23.3 Å². The number of carbonyl (C=O) groups excluding carboxylic acids is 2. The number of ether oxygens (including phenoxy) is 2. The maximum atomic E-state index is 14.2. The number of nitrogens with zero attached hydrogens (tertiary/aromatic N) is 2. The number of rotatable bonds is 8. The van der Waals surface area contributed by atoms with Crippen LogP contribution in [0.1, 0.15) is 63.2 Å². The molecule has 0 bridgehead atoms. The second kappa shape index (κ2) is 15.5. The van der Waals surface area contributed by atoms with Crippen molar-refractivity contribution in [2.75, 3.05) is 50.5 Å². The van der Waals surface area contributed by atoms with Crippen LogP contribution in [0.4, 0.5) is 20.6 Å². The van der Waals surface area contributed by atoms with Crippen molar-refractivity contribution in [3.8, 4) is 5.75 Å². The Morgan fingerprint density at radius 1 is 1.07 bits per heavy atom. The highest BCUT2D eigenvalue weighted by Crippen LogP contribution is 2.31. The van der Waals surface area contributed by atoms with Gasteiger partial charge in [0.1, 0.15) is 11.6 Å². The minimum absolute atomic E-state index is 0.00799. The standard InChI is InChI=1S/C33H47FN4O5/c1-22-18-38(23(2)21-39)32(40)29-17-28(36-33(41)35-27-12-10-26(34)11-13-27)14-15-30(29)43-24(3)7-5-6-16-42-31(22)20-37(4)19-25-8-9-25/h10-15,17,22-25,31,39H,5-9,16,18-21H2,1-4H3,(H2,35,36,41)/t22-,23-,24-,31+/m1/s1. The molecule has 4 rings (SSSR count). The monoisotopic (exact) mass is 598 g/mol. The largest absolute Gasteiger partial charge is 0.490 e. The van der Waals surface area contributed by atoms with Crippen molar-refractivity contribution in [2.24, 2.45) is 11.8 Å². The number of aliphatic hydroxyl groups excluding tert-OH is 1. The second-order valence-electron chi connectivity index (χ2n) is 12.3. The molecule has 2 aliphatic rings. The number of halogens is 1. The lowest BCUT2D eigenvalue weighted by atomic mass is 10.0. The van der Waals surface area contributed by atoms with Crippen molar-refractivity contribution in [2.45, 2.75) is 71.1 Å². The number of benzene rings is 2. The molecular weight excluding hydrogens is 551 g/mol. The smallest absolute Gasteiger partial charge is 0.323 e. The quantitative estimate of drug-likeness (QED) is 0.365. The molecule has 3 N–H and O–H groups in total. The fourth-order valence-electron chi connectivity index (χ4n) is 5.41. The van der Waals surface area contributed by atoms with Gasteiger partial charge in [0.2, 0.25) is 0 Å². The summed E-state index contributed by atoms with van der Waals surface area (Å²) in [6, 6.07) is 9.48. The van der Waals surface area contributed by atoms with Crippen molar-refractivity contribution in [1.82, 2.24) is 9.80 Å². The SMILES string of the molecule is C[C@@H]1CCCCO[C@@H](CN(C)CC2CC2)[C@H](C)CN([C@H](C)CO)C(=O)c2cc(NC(=O)Nc3ccc(F)cc3)ccc2O1. The molecule has 2 aromatic rings. The number of likely N-dealkylation sites (N-methyl/N-ethyl adjacent to an activating group) is 1. The minimum atomic E-state index is -0.529. The van der Waals surface area contributed by atoms with Crippen LogP contribution in [-0.2, 0) is 4.74 Å². The van der Waals surface area contributed by atoms with Gasteiger partial charge in [0, 0.05) is 43.5 Å². The number of carbonyl (C=O) groups is 2. The Labute approximate surface area is 254 Å². The molecule has 1 heterocycles. The highest BCUT2D eigenvalue weighted by atomic mass is 19.1.